The first kappa shape index (κ1) is 17.5. The molecule has 0 bridgehead atoms. The quantitative estimate of drug-likeness (QED) is 0.488. The Morgan fingerprint density at radius 3 is 2.42 bits per heavy atom. The Balaban J connectivity index is 1.44. The highest BCUT2D eigenvalue weighted by Crippen LogP contribution is 2.69. The van der Waals surface area contributed by atoms with Crippen molar-refractivity contribution in [2.45, 2.75) is 83.8 Å². The van der Waals surface area contributed by atoms with Gasteiger partial charge in [-0.25, -0.2) is 0 Å². The molecule has 1 aliphatic heterocycles. The van der Waals surface area contributed by atoms with E-state index in [-0.39, 0.29) is 11.2 Å². The van der Waals surface area contributed by atoms with Crippen molar-refractivity contribution in [3.63, 3.8) is 0 Å². The Bertz CT molecular complexity index is 598. The third-order valence-electron chi connectivity index (χ3n) is 9.74. The van der Waals surface area contributed by atoms with E-state index in [1.807, 2.05) is 0 Å². The van der Waals surface area contributed by atoms with Gasteiger partial charge in [-0.1, -0.05) is 19.0 Å². The summed E-state index contributed by atoms with van der Waals surface area (Å²) in [5.41, 5.74) is 1.66. The molecule has 4 saturated carbocycles. The van der Waals surface area contributed by atoms with Crippen LogP contribution in [0.3, 0.4) is 0 Å². The third-order valence-corrected chi connectivity index (χ3v) is 9.74. The van der Waals surface area contributed by atoms with E-state index in [0.29, 0.717) is 5.41 Å². The first-order valence-electron chi connectivity index (χ1n) is 11.0. The minimum atomic E-state index is -0.277. The van der Waals surface area contributed by atoms with Crippen LogP contribution < -0.4 is 0 Å². The van der Waals surface area contributed by atoms with Crippen molar-refractivity contribution in [1.82, 2.24) is 0 Å². The van der Waals surface area contributed by atoms with E-state index in [2.05, 4.69) is 19.0 Å². The molecule has 26 heavy (non-hydrogen) atoms. The lowest BCUT2D eigenvalue weighted by atomic mass is 9.46. The van der Waals surface area contributed by atoms with Gasteiger partial charge < -0.3 is 14.7 Å². The average Bonchev–Trinajstić information content (AvgIpc) is 3.18. The maximum atomic E-state index is 9.30. The Morgan fingerprint density at radius 1 is 0.885 bits per heavy atom. The minimum absolute atomic E-state index is 0.205. The molecular weight excluding hydrogens is 326 g/mol. The molecule has 4 heteroatoms. The number of oxime groups is 1. The predicted octanol–water partition coefficient (Wildman–Crippen LogP) is 4.99. The van der Waals surface area contributed by atoms with E-state index in [1.54, 1.807) is 0 Å². The SMILES string of the molecule is C[C@]12CCC3[C@@H](CC[C@H]4CC/C(=N/O)CC[C@]34C)[C@@H]1CCC21OCCO1. The summed E-state index contributed by atoms with van der Waals surface area (Å²) in [6.07, 6.45) is 12.1. The summed E-state index contributed by atoms with van der Waals surface area (Å²) in [6, 6.07) is 0. The van der Waals surface area contributed by atoms with E-state index in [4.69, 9.17) is 9.47 Å². The molecule has 1 saturated heterocycles. The lowest BCUT2D eigenvalue weighted by molar-refractivity contribution is -0.246. The molecule has 146 valence electrons. The van der Waals surface area contributed by atoms with Crippen LogP contribution in [-0.4, -0.2) is 29.9 Å². The zero-order valence-electron chi connectivity index (χ0n) is 16.5. The van der Waals surface area contributed by atoms with Crippen molar-refractivity contribution in [3.05, 3.63) is 0 Å². The highest BCUT2D eigenvalue weighted by Gasteiger charge is 2.66. The van der Waals surface area contributed by atoms with Gasteiger partial charge >= 0.3 is 0 Å². The number of hydrogen-bond acceptors (Lipinski definition) is 4. The number of nitrogens with zero attached hydrogens (tertiary/aromatic N) is 1. The third kappa shape index (κ3) is 2.18. The molecule has 5 rings (SSSR count). The smallest absolute Gasteiger partial charge is 0.174 e. The summed E-state index contributed by atoms with van der Waals surface area (Å²) >= 11 is 0. The van der Waals surface area contributed by atoms with Gasteiger partial charge in [0.05, 0.1) is 18.9 Å². The molecule has 0 radical (unpaired) electrons. The Labute approximate surface area is 157 Å². The standard InChI is InChI=1S/C22H35NO3/c1-20-10-7-16(23-24)5-3-15(20)4-6-17-18(20)8-11-21(2)19(17)9-12-22(21)25-13-14-26-22/h15,17-19,24H,3-14H2,1-2H3/b23-16-/t15-,17-,18?,19+,20+,21+/m1/s1. The normalized spacial score (nSPS) is 51.7. The first-order chi connectivity index (χ1) is 12.5. The topological polar surface area (TPSA) is 51.1 Å². The van der Waals surface area contributed by atoms with Crippen molar-refractivity contribution >= 4 is 5.71 Å². The van der Waals surface area contributed by atoms with E-state index < -0.39 is 0 Å². The van der Waals surface area contributed by atoms with Crippen LogP contribution in [0.25, 0.3) is 0 Å². The van der Waals surface area contributed by atoms with Gasteiger partial charge in [-0.2, -0.15) is 0 Å². The van der Waals surface area contributed by atoms with E-state index in [9.17, 15) is 5.21 Å². The highest BCUT2D eigenvalue weighted by molar-refractivity contribution is 5.84. The molecule has 6 atom stereocenters. The maximum Gasteiger partial charge on any atom is 0.174 e. The largest absolute Gasteiger partial charge is 0.411 e. The van der Waals surface area contributed by atoms with Gasteiger partial charge in [-0.15, -0.1) is 0 Å². The predicted molar refractivity (Wildman–Crippen MR) is 100 cm³/mol. The fraction of sp³-hybridized carbons (Fsp3) is 0.955. The maximum absolute atomic E-state index is 9.30. The Hall–Kier alpha value is -0.610. The molecule has 4 nitrogen and oxygen atoms in total. The number of fused-ring (bicyclic) bond motifs is 6. The fourth-order valence-electron chi connectivity index (χ4n) is 8.26. The number of rotatable bonds is 0. The van der Waals surface area contributed by atoms with Gasteiger partial charge in [0.1, 0.15) is 0 Å². The zero-order chi connectivity index (χ0) is 18.0. The van der Waals surface area contributed by atoms with Crippen LogP contribution in [0.5, 0.6) is 0 Å². The second-order valence-corrected chi connectivity index (χ2v) is 10.3. The molecule has 1 unspecified atom stereocenters. The van der Waals surface area contributed by atoms with Gasteiger partial charge in [-0.3, -0.25) is 0 Å². The van der Waals surface area contributed by atoms with E-state index in [0.717, 1.165) is 61.9 Å². The Kier molecular flexibility index (Phi) is 4.00. The molecule has 4 aliphatic carbocycles. The summed E-state index contributed by atoms with van der Waals surface area (Å²) in [7, 11) is 0. The van der Waals surface area contributed by atoms with Crippen LogP contribution in [0.15, 0.2) is 5.16 Å². The molecule has 1 N–H and O–H groups in total. The van der Waals surface area contributed by atoms with Crippen LogP contribution in [-0.2, 0) is 9.47 Å². The van der Waals surface area contributed by atoms with Crippen LogP contribution in [0.4, 0.5) is 0 Å². The molecule has 0 amide bonds. The van der Waals surface area contributed by atoms with Crippen molar-refractivity contribution in [2.24, 2.45) is 39.7 Å². The number of ether oxygens (including phenoxy) is 2. The summed E-state index contributed by atoms with van der Waals surface area (Å²) in [5, 5.41) is 12.9. The molecule has 0 aromatic carbocycles. The van der Waals surface area contributed by atoms with Gasteiger partial charge in [-0.05, 0) is 86.9 Å². The van der Waals surface area contributed by atoms with Crippen molar-refractivity contribution in [1.29, 1.82) is 0 Å². The van der Waals surface area contributed by atoms with Gasteiger partial charge in [0.25, 0.3) is 0 Å². The first-order valence-corrected chi connectivity index (χ1v) is 11.0. The summed E-state index contributed by atoms with van der Waals surface area (Å²) in [6.45, 7) is 6.61. The zero-order valence-corrected chi connectivity index (χ0v) is 16.5. The molecule has 0 aromatic rings. The van der Waals surface area contributed by atoms with Crippen LogP contribution in [0.1, 0.15) is 78.1 Å². The fourth-order valence-corrected chi connectivity index (χ4v) is 8.26. The molecule has 5 aliphatic rings. The van der Waals surface area contributed by atoms with Gasteiger partial charge in [0, 0.05) is 11.8 Å². The van der Waals surface area contributed by atoms with Crippen molar-refractivity contribution in [3.8, 4) is 0 Å². The molecule has 5 fully saturated rings. The summed E-state index contributed by atoms with van der Waals surface area (Å²) in [4.78, 5) is 0. The van der Waals surface area contributed by atoms with E-state index >= 15 is 0 Å². The van der Waals surface area contributed by atoms with Crippen LogP contribution in [0.2, 0.25) is 0 Å². The van der Waals surface area contributed by atoms with Crippen molar-refractivity contribution in [2.75, 3.05) is 13.2 Å². The molecule has 1 heterocycles. The lowest BCUT2D eigenvalue weighted by Gasteiger charge is -2.59. The molecule has 0 aromatic heterocycles. The van der Waals surface area contributed by atoms with Gasteiger partial charge in [0.15, 0.2) is 5.79 Å². The molecular formula is C22H35NO3. The second-order valence-electron chi connectivity index (χ2n) is 10.3. The second kappa shape index (κ2) is 5.94. The highest BCUT2D eigenvalue weighted by atomic mass is 16.7. The number of hydrogen-bond donors (Lipinski definition) is 1. The monoisotopic (exact) mass is 361 g/mol. The summed E-state index contributed by atoms with van der Waals surface area (Å²) < 4.78 is 12.5. The summed E-state index contributed by atoms with van der Waals surface area (Å²) in [5.74, 6) is 2.94. The molecule has 1 spiro atoms. The average molecular weight is 362 g/mol. The lowest BCUT2D eigenvalue weighted by Crippen LogP contribution is -2.55. The Morgan fingerprint density at radius 2 is 1.65 bits per heavy atom. The van der Waals surface area contributed by atoms with Crippen LogP contribution in [0, 0.1) is 34.5 Å². The van der Waals surface area contributed by atoms with Crippen LogP contribution >= 0.6 is 0 Å². The van der Waals surface area contributed by atoms with Crippen molar-refractivity contribution < 1.29 is 14.7 Å². The van der Waals surface area contributed by atoms with E-state index in [1.165, 1.54) is 44.9 Å². The van der Waals surface area contributed by atoms with Gasteiger partial charge in [0.2, 0.25) is 0 Å². The minimum Gasteiger partial charge on any atom is -0.411 e.